The van der Waals surface area contributed by atoms with Gasteiger partial charge in [-0.3, -0.25) is 10.1 Å². The summed E-state index contributed by atoms with van der Waals surface area (Å²) < 4.78 is 5.41. The molecule has 0 radical (unpaired) electrons. The van der Waals surface area contributed by atoms with Gasteiger partial charge in [-0.1, -0.05) is 0 Å². The molecule has 3 rings (SSSR count). The molecule has 1 aromatic carbocycles. The van der Waals surface area contributed by atoms with E-state index >= 15 is 0 Å². The van der Waals surface area contributed by atoms with Gasteiger partial charge in [-0.15, -0.1) is 0 Å². The van der Waals surface area contributed by atoms with Crippen molar-refractivity contribution >= 4 is 16.6 Å². The number of nitro benzene ring substituents is 1. The number of benzene rings is 1. The second-order valence-corrected chi connectivity index (χ2v) is 5.01. The Kier molecular flexibility index (Phi) is 3.38. The molecule has 2 heterocycles. The summed E-state index contributed by atoms with van der Waals surface area (Å²) in [6.45, 7) is -0.402. The Balaban J connectivity index is 1.96. The molecular weight excluding hydrogens is 280 g/mol. The van der Waals surface area contributed by atoms with Crippen LogP contribution in [0.2, 0.25) is 0 Å². The number of hydrogen-bond donors (Lipinski definition) is 4. The molecule has 0 spiro atoms. The van der Waals surface area contributed by atoms with Crippen LogP contribution in [0.1, 0.15) is 11.8 Å². The van der Waals surface area contributed by atoms with E-state index in [1.807, 2.05) is 0 Å². The van der Waals surface area contributed by atoms with Crippen molar-refractivity contribution in [2.45, 2.75) is 24.4 Å². The topological polar surface area (TPSA) is 129 Å². The second kappa shape index (κ2) is 5.08. The van der Waals surface area contributed by atoms with Crippen LogP contribution in [0.5, 0.6) is 0 Å². The highest BCUT2D eigenvalue weighted by Crippen LogP contribution is 2.35. The normalized spacial score (nSPS) is 29.1. The number of hydrogen-bond acceptors (Lipinski definition) is 6. The highest BCUT2D eigenvalue weighted by molar-refractivity contribution is 5.82. The number of aromatic amines is 1. The number of nitro groups is 1. The van der Waals surface area contributed by atoms with Crippen LogP contribution >= 0.6 is 0 Å². The molecule has 8 nitrogen and oxygen atoms in total. The standard InChI is InChI=1S/C13H14N2O6/c16-5-10-11(17)12(18)13(21-10)9-4-6-3-7(15(19)20)1-2-8(6)14-9/h1-4,10-14,16-18H,5H2/t10-,11-,12-,13?/m1/s1. The maximum Gasteiger partial charge on any atom is 0.270 e. The third kappa shape index (κ3) is 2.28. The van der Waals surface area contributed by atoms with Crippen molar-refractivity contribution in [1.82, 2.24) is 4.98 Å². The molecule has 0 aliphatic carbocycles. The number of non-ortho nitro benzene ring substituents is 1. The van der Waals surface area contributed by atoms with Gasteiger partial charge in [0, 0.05) is 28.7 Å². The van der Waals surface area contributed by atoms with Crippen LogP contribution in [0.4, 0.5) is 5.69 Å². The Morgan fingerprint density at radius 3 is 2.67 bits per heavy atom. The lowest BCUT2D eigenvalue weighted by Crippen LogP contribution is -2.32. The molecule has 1 fully saturated rings. The Labute approximate surface area is 118 Å². The van der Waals surface area contributed by atoms with E-state index in [-0.39, 0.29) is 5.69 Å². The predicted molar refractivity (Wildman–Crippen MR) is 71.7 cm³/mol. The van der Waals surface area contributed by atoms with E-state index in [1.54, 1.807) is 12.1 Å². The Bertz CT molecular complexity index is 684. The maximum absolute atomic E-state index is 10.8. The number of aliphatic hydroxyl groups is 3. The quantitative estimate of drug-likeness (QED) is 0.474. The average molecular weight is 294 g/mol. The number of H-pyrrole nitrogens is 1. The molecule has 1 aromatic heterocycles. The van der Waals surface area contributed by atoms with Crippen LogP contribution in [-0.2, 0) is 4.74 Å². The van der Waals surface area contributed by atoms with E-state index in [1.165, 1.54) is 12.1 Å². The number of aliphatic hydroxyl groups excluding tert-OH is 3. The van der Waals surface area contributed by atoms with Crippen LogP contribution in [0.25, 0.3) is 10.9 Å². The molecule has 8 heteroatoms. The van der Waals surface area contributed by atoms with Crippen LogP contribution in [0.3, 0.4) is 0 Å². The zero-order chi connectivity index (χ0) is 15.1. The number of fused-ring (bicyclic) bond motifs is 1. The van der Waals surface area contributed by atoms with Crippen molar-refractivity contribution in [2.24, 2.45) is 0 Å². The van der Waals surface area contributed by atoms with Gasteiger partial charge in [0.05, 0.1) is 11.5 Å². The van der Waals surface area contributed by atoms with Crippen LogP contribution < -0.4 is 0 Å². The first-order valence-corrected chi connectivity index (χ1v) is 6.41. The van der Waals surface area contributed by atoms with Crippen LogP contribution in [0.15, 0.2) is 24.3 Å². The van der Waals surface area contributed by atoms with Crippen molar-refractivity contribution in [3.63, 3.8) is 0 Å². The summed E-state index contributed by atoms with van der Waals surface area (Å²) in [4.78, 5) is 13.3. The molecule has 1 unspecified atom stereocenters. The van der Waals surface area contributed by atoms with E-state index in [0.717, 1.165) is 0 Å². The van der Waals surface area contributed by atoms with Gasteiger partial charge in [0.2, 0.25) is 0 Å². The average Bonchev–Trinajstić information content (AvgIpc) is 3.00. The Hall–Kier alpha value is -2.00. The molecule has 112 valence electrons. The SMILES string of the molecule is O=[N+]([O-])c1ccc2[nH]c(C3O[C@H](CO)[C@@H](O)[C@H]3O)cc2c1. The second-order valence-electron chi connectivity index (χ2n) is 5.01. The van der Waals surface area contributed by atoms with Gasteiger partial charge in [-0.25, -0.2) is 0 Å². The van der Waals surface area contributed by atoms with E-state index in [4.69, 9.17) is 9.84 Å². The summed E-state index contributed by atoms with van der Waals surface area (Å²) in [5, 5.41) is 40.1. The zero-order valence-corrected chi connectivity index (χ0v) is 10.8. The predicted octanol–water partition coefficient (Wildman–Crippen LogP) is 0.230. The lowest BCUT2D eigenvalue weighted by Gasteiger charge is -2.12. The van der Waals surface area contributed by atoms with Crippen molar-refractivity contribution in [3.05, 3.63) is 40.1 Å². The molecule has 1 aliphatic rings. The van der Waals surface area contributed by atoms with Crippen molar-refractivity contribution in [2.75, 3.05) is 6.61 Å². The third-order valence-corrected chi connectivity index (χ3v) is 3.68. The van der Waals surface area contributed by atoms with E-state index in [2.05, 4.69) is 4.98 Å². The third-order valence-electron chi connectivity index (χ3n) is 3.68. The summed E-state index contributed by atoms with van der Waals surface area (Å²) in [5.74, 6) is 0. The molecule has 0 bridgehead atoms. The lowest BCUT2D eigenvalue weighted by molar-refractivity contribution is -0.384. The molecule has 0 saturated carbocycles. The first kappa shape index (κ1) is 14.0. The smallest absolute Gasteiger partial charge is 0.270 e. The molecule has 4 atom stereocenters. The maximum atomic E-state index is 10.8. The summed E-state index contributed by atoms with van der Waals surface area (Å²) >= 11 is 0. The molecule has 1 saturated heterocycles. The molecule has 21 heavy (non-hydrogen) atoms. The van der Waals surface area contributed by atoms with Crippen LogP contribution in [0, 0.1) is 10.1 Å². The van der Waals surface area contributed by atoms with Gasteiger partial charge >= 0.3 is 0 Å². The summed E-state index contributed by atoms with van der Waals surface area (Å²) in [6, 6.07) is 5.98. The van der Waals surface area contributed by atoms with Crippen molar-refractivity contribution in [1.29, 1.82) is 0 Å². The van der Waals surface area contributed by atoms with Gasteiger partial charge in [-0.05, 0) is 12.1 Å². The highest BCUT2D eigenvalue weighted by atomic mass is 16.6. The summed E-state index contributed by atoms with van der Waals surface area (Å²) in [5.41, 5.74) is 1.12. The highest BCUT2D eigenvalue weighted by Gasteiger charge is 2.43. The summed E-state index contributed by atoms with van der Waals surface area (Å²) in [7, 11) is 0. The number of rotatable bonds is 3. The van der Waals surface area contributed by atoms with Gasteiger partial charge in [0.25, 0.3) is 5.69 Å². The fourth-order valence-corrected chi connectivity index (χ4v) is 2.57. The van der Waals surface area contributed by atoms with Gasteiger partial charge in [-0.2, -0.15) is 0 Å². The zero-order valence-electron chi connectivity index (χ0n) is 10.8. The lowest BCUT2D eigenvalue weighted by atomic mass is 10.1. The molecule has 1 aliphatic heterocycles. The number of nitrogens with one attached hydrogen (secondary N) is 1. The van der Waals surface area contributed by atoms with Crippen molar-refractivity contribution < 1.29 is 25.0 Å². The number of ether oxygens (including phenoxy) is 1. The molecule has 0 amide bonds. The minimum atomic E-state index is -1.18. The first-order chi connectivity index (χ1) is 10.0. The minimum absolute atomic E-state index is 0.0331. The largest absolute Gasteiger partial charge is 0.394 e. The fourth-order valence-electron chi connectivity index (χ4n) is 2.57. The Morgan fingerprint density at radius 1 is 1.29 bits per heavy atom. The van der Waals surface area contributed by atoms with Gasteiger partial charge in [0.1, 0.15) is 24.4 Å². The monoisotopic (exact) mass is 294 g/mol. The molecular formula is C13H14N2O6. The van der Waals surface area contributed by atoms with Gasteiger partial charge < -0.3 is 25.0 Å². The van der Waals surface area contributed by atoms with E-state index in [0.29, 0.717) is 16.6 Å². The van der Waals surface area contributed by atoms with E-state index in [9.17, 15) is 20.3 Å². The summed E-state index contributed by atoms with van der Waals surface area (Å²) in [6.07, 6.45) is -4.03. The molecule has 4 N–H and O–H groups in total. The van der Waals surface area contributed by atoms with Crippen molar-refractivity contribution in [3.8, 4) is 0 Å². The van der Waals surface area contributed by atoms with E-state index < -0.39 is 35.9 Å². The van der Waals surface area contributed by atoms with Crippen LogP contribution in [-0.4, -0.2) is 50.1 Å². The molecule has 2 aromatic rings. The Morgan fingerprint density at radius 2 is 2.05 bits per heavy atom. The first-order valence-electron chi connectivity index (χ1n) is 6.41. The fraction of sp³-hybridized carbons (Fsp3) is 0.385. The minimum Gasteiger partial charge on any atom is -0.394 e. The van der Waals surface area contributed by atoms with Gasteiger partial charge in [0.15, 0.2) is 0 Å². The number of nitrogens with zero attached hydrogens (tertiary/aromatic N) is 1. The number of aromatic nitrogens is 1.